The molecule has 3 heterocycles. The Labute approximate surface area is 273 Å². The summed E-state index contributed by atoms with van der Waals surface area (Å²) in [7, 11) is 0. The van der Waals surface area contributed by atoms with Crippen molar-refractivity contribution in [1.82, 2.24) is 25.8 Å². The number of nitrogens with zero attached hydrogens (tertiary/aromatic N) is 1. The number of benzene rings is 1. The fourth-order valence-electron chi connectivity index (χ4n) is 7.45. The lowest BCUT2D eigenvalue weighted by atomic mass is 9.77. The van der Waals surface area contributed by atoms with Gasteiger partial charge in [-0.1, -0.05) is 46.1 Å². The monoisotopic (exact) mass is 657 g/mol. The van der Waals surface area contributed by atoms with Crippen molar-refractivity contribution in [3.8, 4) is 0 Å². The number of amides is 4. The number of halogens is 2. The first-order valence-electron chi connectivity index (χ1n) is 16.5. The van der Waals surface area contributed by atoms with Crippen LogP contribution in [-0.2, 0) is 19.2 Å². The molecule has 1 aromatic heterocycles. The predicted molar refractivity (Wildman–Crippen MR) is 173 cm³/mol. The number of hydrogen-bond acceptors (Lipinski definition) is 5. The molecule has 10 nitrogen and oxygen atoms in total. The van der Waals surface area contributed by atoms with E-state index in [1.807, 2.05) is 20.8 Å². The number of aromatic amines is 1. The zero-order chi connectivity index (χ0) is 33.2. The molecule has 5 rings (SSSR count). The molecule has 2 saturated heterocycles. The van der Waals surface area contributed by atoms with E-state index >= 15 is 0 Å². The maximum atomic E-state index is 14.5. The lowest BCUT2D eigenvalue weighted by Crippen LogP contribution is -2.59. The summed E-state index contributed by atoms with van der Waals surface area (Å²) in [6.45, 7) is 6.70. The number of fused-ring (bicyclic) bond motifs is 1. The van der Waals surface area contributed by atoms with Gasteiger partial charge >= 0.3 is 0 Å². The van der Waals surface area contributed by atoms with E-state index in [1.165, 1.54) is 12.1 Å². The van der Waals surface area contributed by atoms with Crippen molar-refractivity contribution in [1.29, 1.82) is 0 Å². The van der Waals surface area contributed by atoms with Crippen LogP contribution in [0.15, 0.2) is 24.3 Å². The molecule has 4 amide bonds. The van der Waals surface area contributed by atoms with Gasteiger partial charge in [0.15, 0.2) is 5.78 Å². The molecule has 12 heteroatoms. The van der Waals surface area contributed by atoms with Gasteiger partial charge < -0.3 is 25.8 Å². The first-order chi connectivity index (χ1) is 21.9. The third-order valence-electron chi connectivity index (χ3n) is 10.6. The molecule has 1 aliphatic carbocycles. The summed E-state index contributed by atoms with van der Waals surface area (Å²) in [6.07, 6.45) is 5.90. The maximum absolute atomic E-state index is 14.5. The average molecular weight is 658 g/mol. The molecule has 5 atom stereocenters. The quantitative estimate of drug-likeness (QED) is 0.285. The highest BCUT2D eigenvalue weighted by Gasteiger charge is 2.53. The maximum Gasteiger partial charge on any atom is 0.268 e. The summed E-state index contributed by atoms with van der Waals surface area (Å²) >= 11 is 5.93. The highest BCUT2D eigenvalue weighted by Crippen LogP contribution is 2.42. The lowest BCUT2D eigenvalue weighted by molar-refractivity contribution is -0.144. The first kappa shape index (κ1) is 33.9. The van der Waals surface area contributed by atoms with E-state index in [9.17, 15) is 28.4 Å². The fraction of sp³-hybridized carbons (Fsp3) is 0.618. The number of likely N-dealkylation sites (tertiary alicyclic amines) is 1. The number of H-pyrrole nitrogens is 1. The van der Waals surface area contributed by atoms with Gasteiger partial charge in [0.2, 0.25) is 17.7 Å². The van der Waals surface area contributed by atoms with Gasteiger partial charge in [0, 0.05) is 29.9 Å². The lowest BCUT2D eigenvalue weighted by Gasteiger charge is -2.37. The van der Waals surface area contributed by atoms with Gasteiger partial charge in [-0.05, 0) is 67.6 Å². The summed E-state index contributed by atoms with van der Waals surface area (Å²) in [5.74, 6) is -3.31. The van der Waals surface area contributed by atoms with Crippen LogP contribution in [-0.4, -0.2) is 76.4 Å². The summed E-state index contributed by atoms with van der Waals surface area (Å²) in [4.78, 5) is 72.1. The van der Waals surface area contributed by atoms with Crippen LogP contribution < -0.4 is 16.0 Å². The summed E-state index contributed by atoms with van der Waals surface area (Å²) in [5, 5.41) is 8.93. The molecule has 0 spiro atoms. The Morgan fingerprint density at radius 3 is 2.50 bits per heavy atom. The standard InChI is InChI=1S/C34H45ClFN5O5/c1-19-18-41(29(34(19,2)3)32(45)39-25(27(42)17-35)15-21-11-8-14-37-30(21)43)33(46)28(20-9-5-4-6-10-20)40-31(44)26-16-22-23(36)12-7-13-24(22)38-26/h7,12-13,16,19-21,25,28-29,38H,4-6,8-11,14-15,17-18H2,1-3H3,(H,37,43)(H,39,45)(H,40,44)/t19-,21+,25+,28?,29-/m1/s1. The number of aromatic nitrogens is 1. The highest BCUT2D eigenvalue weighted by atomic mass is 35.5. The fourth-order valence-corrected chi connectivity index (χ4v) is 7.64. The van der Waals surface area contributed by atoms with E-state index < -0.39 is 52.9 Å². The van der Waals surface area contributed by atoms with Crippen molar-refractivity contribution in [3.63, 3.8) is 0 Å². The van der Waals surface area contributed by atoms with Crippen molar-refractivity contribution < 1.29 is 28.4 Å². The Bertz CT molecular complexity index is 1490. The third kappa shape index (κ3) is 6.94. The molecule has 2 aromatic rings. The van der Waals surface area contributed by atoms with Crippen LogP contribution in [0.2, 0.25) is 0 Å². The summed E-state index contributed by atoms with van der Waals surface area (Å²) < 4.78 is 14.4. The molecule has 46 heavy (non-hydrogen) atoms. The number of carbonyl (C=O) groups is 5. The number of nitrogens with one attached hydrogen (secondary N) is 4. The minimum Gasteiger partial charge on any atom is -0.356 e. The molecule has 0 bridgehead atoms. The van der Waals surface area contributed by atoms with Crippen molar-refractivity contribution >= 4 is 51.9 Å². The smallest absolute Gasteiger partial charge is 0.268 e. The van der Waals surface area contributed by atoms with Gasteiger partial charge in [0.25, 0.3) is 5.91 Å². The predicted octanol–water partition coefficient (Wildman–Crippen LogP) is 4.07. The van der Waals surface area contributed by atoms with E-state index in [-0.39, 0.29) is 47.0 Å². The van der Waals surface area contributed by atoms with Crippen LogP contribution in [0, 0.1) is 29.0 Å². The van der Waals surface area contributed by atoms with E-state index in [1.54, 1.807) is 17.0 Å². The SMILES string of the molecule is C[C@@H]1CN(C(=O)C(NC(=O)c2cc3c(F)cccc3[nH]2)C2CCCCC2)[C@H](C(=O)N[C@@H](C[C@@H]2CCCNC2=O)C(=O)CCl)C1(C)C. The normalized spacial score (nSPS) is 24.7. The van der Waals surface area contributed by atoms with Gasteiger partial charge in [0.05, 0.1) is 11.9 Å². The van der Waals surface area contributed by atoms with E-state index in [0.29, 0.717) is 25.0 Å². The van der Waals surface area contributed by atoms with Crippen LogP contribution >= 0.6 is 11.6 Å². The molecular formula is C34H45ClFN5O5. The summed E-state index contributed by atoms with van der Waals surface area (Å²) in [6, 6.07) is 3.21. The topological polar surface area (TPSA) is 140 Å². The first-order valence-corrected chi connectivity index (χ1v) is 17.0. The Kier molecular flexibility index (Phi) is 10.4. The van der Waals surface area contributed by atoms with Gasteiger partial charge in [-0.25, -0.2) is 4.39 Å². The average Bonchev–Trinajstić information content (AvgIpc) is 3.59. The molecule has 1 saturated carbocycles. The van der Waals surface area contributed by atoms with E-state index in [2.05, 4.69) is 20.9 Å². The molecule has 1 aromatic carbocycles. The minimum atomic E-state index is -0.973. The van der Waals surface area contributed by atoms with Crippen molar-refractivity contribution in [2.24, 2.45) is 23.2 Å². The van der Waals surface area contributed by atoms with Crippen molar-refractivity contribution in [3.05, 3.63) is 35.8 Å². The molecule has 250 valence electrons. The van der Waals surface area contributed by atoms with E-state index in [0.717, 1.165) is 38.5 Å². The van der Waals surface area contributed by atoms with Gasteiger partial charge in [0.1, 0.15) is 23.6 Å². The molecule has 3 aliphatic rings. The van der Waals surface area contributed by atoms with Crippen molar-refractivity contribution in [2.75, 3.05) is 19.0 Å². The molecular weight excluding hydrogens is 613 g/mol. The van der Waals surface area contributed by atoms with Crippen molar-refractivity contribution in [2.45, 2.75) is 90.3 Å². The number of piperidine rings is 1. The number of rotatable bonds is 10. The largest absolute Gasteiger partial charge is 0.356 e. The zero-order valence-electron chi connectivity index (χ0n) is 26.8. The van der Waals surface area contributed by atoms with Gasteiger partial charge in [-0.3, -0.25) is 24.0 Å². The number of ketones is 1. The number of Topliss-reactive ketones (excluding diaryl/α,β-unsaturated/α-hetero) is 1. The van der Waals surface area contributed by atoms with Crippen LogP contribution in [0.1, 0.15) is 82.6 Å². The Morgan fingerprint density at radius 2 is 1.83 bits per heavy atom. The molecule has 3 fully saturated rings. The third-order valence-corrected chi connectivity index (χ3v) is 10.8. The second-order valence-corrected chi connectivity index (χ2v) is 14.1. The number of hydrogen-bond donors (Lipinski definition) is 4. The Balaban J connectivity index is 1.40. The number of alkyl halides is 1. The van der Waals surface area contributed by atoms with Crippen LogP contribution in [0.5, 0.6) is 0 Å². The summed E-state index contributed by atoms with van der Waals surface area (Å²) in [5.41, 5.74) is -0.0385. The van der Waals surface area contributed by atoms with E-state index in [4.69, 9.17) is 11.6 Å². The molecule has 4 N–H and O–H groups in total. The highest BCUT2D eigenvalue weighted by molar-refractivity contribution is 6.28. The van der Waals surface area contributed by atoms with Gasteiger partial charge in [-0.2, -0.15) is 0 Å². The molecule has 1 unspecified atom stereocenters. The Hall–Kier alpha value is -3.47. The number of carbonyl (C=O) groups excluding carboxylic acids is 5. The molecule has 2 aliphatic heterocycles. The zero-order valence-corrected chi connectivity index (χ0v) is 27.6. The van der Waals surface area contributed by atoms with Crippen LogP contribution in [0.25, 0.3) is 10.9 Å². The Morgan fingerprint density at radius 1 is 1.09 bits per heavy atom. The minimum absolute atomic E-state index is 0.0714. The van der Waals surface area contributed by atoms with Crippen LogP contribution in [0.4, 0.5) is 4.39 Å². The van der Waals surface area contributed by atoms with Crippen LogP contribution in [0.3, 0.4) is 0 Å². The second-order valence-electron chi connectivity index (χ2n) is 13.9. The second kappa shape index (κ2) is 14.1. The van der Waals surface area contributed by atoms with Gasteiger partial charge in [-0.15, -0.1) is 11.6 Å². The molecule has 0 radical (unpaired) electrons.